The Labute approximate surface area is 169 Å². The molecule has 1 unspecified atom stereocenters. The van der Waals surface area contributed by atoms with Crippen LogP contribution in [-0.4, -0.2) is 35.8 Å². The molecule has 3 aliphatic rings. The van der Waals surface area contributed by atoms with Crippen LogP contribution in [0.15, 0.2) is 24.3 Å². The molecule has 152 valence electrons. The van der Waals surface area contributed by atoms with Gasteiger partial charge in [0.05, 0.1) is 6.42 Å². The van der Waals surface area contributed by atoms with Crippen LogP contribution >= 0.6 is 0 Å². The Morgan fingerprint density at radius 1 is 1.11 bits per heavy atom. The molecule has 4 rings (SSSR count). The Bertz CT molecular complexity index is 702. The number of likely N-dealkylation sites (tertiary alicyclic amines) is 1. The Morgan fingerprint density at radius 3 is 2.50 bits per heavy atom. The maximum atomic E-state index is 13.0. The molecule has 1 saturated heterocycles. The van der Waals surface area contributed by atoms with E-state index in [-0.39, 0.29) is 17.2 Å². The number of carbonyl (C=O) groups excluding carboxylic acids is 2. The van der Waals surface area contributed by atoms with E-state index in [1.165, 1.54) is 37.7 Å². The normalized spacial score (nSPS) is 23.8. The van der Waals surface area contributed by atoms with Crippen LogP contribution in [0.5, 0.6) is 0 Å². The van der Waals surface area contributed by atoms with Gasteiger partial charge >= 0.3 is 0 Å². The molecule has 0 bridgehead atoms. The molecule has 1 N–H and O–H groups in total. The first-order valence-electron chi connectivity index (χ1n) is 11.2. The average Bonchev–Trinajstić information content (AvgIpc) is 3.43. The maximum Gasteiger partial charge on any atom is 0.227 e. The van der Waals surface area contributed by atoms with Crippen LogP contribution in [0, 0.1) is 18.3 Å². The van der Waals surface area contributed by atoms with Gasteiger partial charge < -0.3 is 10.2 Å². The summed E-state index contributed by atoms with van der Waals surface area (Å²) in [6.07, 6.45) is 10.6. The molecular weight excluding hydrogens is 348 g/mol. The fourth-order valence-corrected chi connectivity index (χ4v) is 5.27. The summed E-state index contributed by atoms with van der Waals surface area (Å²) in [5.74, 6) is 0.927. The van der Waals surface area contributed by atoms with Gasteiger partial charge in [0.15, 0.2) is 0 Å². The van der Waals surface area contributed by atoms with Crippen molar-refractivity contribution >= 4 is 11.8 Å². The quantitative estimate of drug-likeness (QED) is 0.808. The highest BCUT2D eigenvalue weighted by molar-refractivity contribution is 5.79. The number of aryl methyl sites for hydroxylation is 1. The SMILES string of the molecule is Cc1ccc(CC(=O)N2CC(CCC(=O)NC3CC3)C3(CCCCC3)C2)cc1. The molecule has 0 radical (unpaired) electrons. The van der Waals surface area contributed by atoms with Crippen LogP contribution in [-0.2, 0) is 16.0 Å². The van der Waals surface area contributed by atoms with E-state index in [9.17, 15) is 9.59 Å². The van der Waals surface area contributed by atoms with Crippen LogP contribution in [0.2, 0.25) is 0 Å². The largest absolute Gasteiger partial charge is 0.353 e. The molecule has 2 amide bonds. The third-order valence-electron chi connectivity index (χ3n) is 7.15. The summed E-state index contributed by atoms with van der Waals surface area (Å²) in [6.45, 7) is 3.80. The number of rotatable bonds is 6. The van der Waals surface area contributed by atoms with E-state index in [0.717, 1.165) is 37.9 Å². The van der Waals surface area contributed by atoms with Gasteiger partial charge in [0.2, 0.25) is 11.8 Å². The van der Waals surface area contributed by atoms with E-state index in [2.05, 4.69) is 41.4 Å². The summed E-state index contributed by atoms with van der Waals surface area (Å²) >= 11 is 0. The van der Waals surface area contributed by atoms with Crippen molar-refractivity contribution in [1.29, 1.82) is 0 Å². The zero-order valence-electron chi connectivity index (χ0n) is 17.2. The minimum atomic E-state index is 0.206. The number of benzene rings is 1. The third kappa shape index (κ3) is 4.59. The van der Waals surface area contributed by atoms with Crippen molar-refractivity contribution in [2.24, 2.45) is 11.3 Å². The molecule has 4 nitrogen and oxygen atoms in total. The monoisotopic (exact) mass is 382 g/mol. The minimum Gasteiger partial charge on any atom is -0.353 e. The van der Waals surface area contributed by atoms with Gasteiger partial charge in [-0.2, -0.15) is 0 Å². The number of amides is 2. The second-order valence-corrected chi connectivity index (χ2v) is 9.44. The molecular formula is C24H34N2O2. The molecule has 2 aliphatic carbocycles. The zero-order valence-corrected chi connectivity index (χ0v) is 17.2. The van der Waals surface area contributed by atoms with E-state index in [1.807, 2.05) is 0 Å². The lowest BCUT2D eigenvalue weighted by molar-refractivity contribution is -0.130. The highest BCUT2D eigenvalue weighted by Gasteiger charge is 2.47. The summed E-state index contributed by atoms with van der Waals surface area (Å²) in [5, 5.41) is 3.12. The van der Waals surface area contributed by atoms with Crippen molar-refractivity contribution < 1.29 is 9.59 Å². The van der Waals surface area contributed by atoms with E-state index in [0.29, 0.717) is 24.8 Å². The van der Waals surface area contributed by atoms with Gasteiger partial charge in [0.1, 0.15) is 0 Å². The summed E-state index contributed by atoms with van der Waals surface area (Å²) in [4.78, 5) is 27.3. The van der Waals surface area contributed by atoms with E-state index in [1.54, 1.807) is 0 Å². The maximum absolute atomic E-state index is 13.0. The van der Waals surface area contributed by atoms with Crippen LogP contribution < -0.4 is 5.32 Å². The molecule has 4 heteroatoms. The van der Waals surface area contributed by atoms with Gasteiger partial charge in [0, 0.05) is 25.6 Å². The van der Waals surface area contributed by atoms with E-state index in [4.69, 9.17) is 0 Å². The molecule has 1 aromatic carbocycles. The van der Waals surface area contributed by atoms with Crippen LogP contribution in [0.25, 0.3) is 0 Å². The smallest absolute Gasteiger partial charge is 0.227 e. The summed E-state index contributed by atoms with van der Waals surface area (Å²) in [6, 6.07) is 8.73. The molecule has 3 fully saturated rings. The molecule has 1 aliphatic heterocycles. The first-order chi connectivity index (χ1) is 13.5. The van der Waals surface area contributed by atoms with Crippen molar-refractivity contribution in [2.75, 3.05) is 13.1 Å². The predicted octanol–water partition coefficient (Wildman–Crippen LogP) is 4.01. The van der Waals surface area contributed by atoms with Crippen LogP contribution in [0.4, 0.5) is 0 Å². The summed E-state index contributed by atoms with van der Waals surface area (Å²) < 4.78 is 0. The lowest BCUT2D eigenvalue weighted by atomic mass is 9.66. The second-order valence-electron chi connectivity index (χ2n) is 9.44. The number of hydrogen-bond donors (Lipinski definition) is 1. The molecule has 1 heterocycles. The minimum absolute atomic E-state index is 0.206. The lowest BCUT2D eigenvalue weighted by Crippen LogP contribution is -2.35. The van der Waals surface area contributed by atoms with Crippen molar-refractivity contribution in [1.82, 2.24) is 10.2 Å². The van der Waals surface area contributed by atoms with E-state index < -0.39 is 0 Å². The van der Waals surface area contributed by atoms with Gasteiger partial charge in [-0.15, -0.1) is 0 Å². The first-order valence-corrected chi connectivity index (χ1v) is 11.2. The molecule has 28 heavy (non-hydrogen) atoms. The summed E-state index contributed by atoms with van der Waals surface area (Å²) in [5.41, 5.74) is 2.57. The van der Waals surface area contributed by atoms with Crippen molar-refractivity contribution in [3.05, 3.63) is 35.4 Å². The van der Waals surface area contributed by atoms with Gasteiger partial charge in [-0.05, 0) is 55.9 Å². The standard InChI is InChI=1S/C24H34N2O2/c1-18-5-7-19(8-6-18)15-23(28)26-16-20(9-12-22(27)25-21-10-11-21)24(17-26)13-3-2-4-14-24/h5-8,20-21H,2-4,9-17H2,1H3,(H,25,27). The van der Waals surface area contributed by atoms with Crippen LogP contribution in [0.3, 0.4) is 0 Å². The predicted molar refractivity (Wildman–Crippen MR) is 111 cm³/mol. The molecule has 1 atom stereocenters. The van der Waals surface area contributed by atoms with E-state index >= 15 is 0 Å². The number of nitrogens with one attached hydrogen (secondary N) is 1. The molecule has 0 aromatic heterocycles. The molecule has 2 saturated carbocycles. The first kappa shape index (κ1) is 19.5. The molecule has 1 aromatic rings. The number of carbonyl (C=O) groups is 2. The Morgan fingerprint density at radius 2 is 1.82 bits per heavy atom. The Kier molecular flexibility index (Phi) is 5.75. The zero-order chi connectivity index (χ0) is 19.6. The van der Waals surface area contributed by atoms with Crippen molar-refractivity contribution in [2.45, 2.75) is 77.2 Å². The number of nitrogens with zero attached hydrogens (tertiary/aromatic N) is 1. The highest BCUT2D eigenvalue weighted by atomic mass is 16.2. The number of hydrogen-bond acceptors (Lipinski definition) is 2. The Hall–Kier alpha value is -1.84. The fourth-order valence-electron chi connectivity index (χ4n) is 5.27. The topological polar surface area (TPSA) is 49.4 Å². The van der Waals surface area contributed by atoms with Gasteiger partial charge in [-0.25, -0.2) is 0 Å². The summed E-state index contributed by atoms with van der Waals surface area (Å²) in [7, 11) is 0. The van der Waals surface area contributed by atoms with Crippen LogP contribution in [0.1, 0.15) is 68.9 Å². The molecule has 1 spiro atoms. The van der Waals surface area contributed by atoms with Gasteiger partial charge in [0.25, 0.3) is 0 Å². The third-order valence-corrected chi connectivity index (χ3v) is 7.15. The van der Waals surface area contributed by atoms with Crippen molar-refractivity contribution in [3.63, 3.8) is 0 Å². The lowest BCUT2D eigenvalue weighted by Gasteiger charge is -2.38. The Balaban J connectivity index is 1.39. The second kappa shape index (κ2) is 8.26. The van der Waals surface area contributed by atoms with Gasteiger partial charge in [-0.3, -0.25) is 9.59 Å². The van der Waals surface area contributed by atoms with Gasteiger partial charge in [-0.1, -0.05) is 49.1 Å². The highest BCUT2D eigenvalue weighted by Crippen LogP contribution is 2.49. The fraction of sp³-hybridized carbons (Fsp3) is 0.667. The van der Waals surface area contributed by atoms with Crippen molar-refractivity contribution in [3.8, 4) is 0 Å². The average molecular weight is 383 g/mol.